The molecule has 0 unspecified atom stereocenters. The van der Waals surface area contributed by atoms with E-state index in [9.17, 15) is 22.0 Å². The van der Waals surface area contributed by atoms with Crippen molar-refractivity contribution in [2.24, 2.45) is 0 Å². The first kappa shape index (κ1) is 32.1. The SMILES string of the molecule is CC(=O)c1ccc(S(=O)(=O)Nc2ccc(Oc3cncc(Cl)c3)c(F)c2)cc1.Nc1ccc(Oc2cncc(Cl)c2)c(F)c1. The number of Topliss-reactive ketones (excluding diaryl/α,β-unsaturated/α-hetero) is 1. The van der Waals surface area contributed by atoms with Crippen LogP contribution >= 0.6 is 23.2 Å². The third-order valence-electron chi connectivity index (χ3n) is 5.53. The minimum absolute atomic E-state index is 0.0183. The smallest absolute Gasteiger partial charge is 0.261 e. The molecule has 3 N–H and O–H groups in total. The van der Waals surface area contributed by atoms with Crippen molar-refractivity contribution in [2.45, 2.75) is 11.8 Å². The molecule has 44 heavy (non-hydrogen) atoms. The van der Waals surface area contributed by atoms with E-state index in [0.717, 1.165) is 6.07 Å². The number of sulfonamides is 1. The Labute approximate surface area is 261 Å². The highest BCUT2D eigenvalue weighted by atomic mass is 35.5. The molecule has 0 radical (unpaired) electrons. The average molecular weight is 659 g/mol. The summed E-state index contributed by atoms with van der Waals surface area (Å²) >= 11 is 11.5. The lowest BCUT2D eigenvalue weighted by atomic mass is 10.2. The number of hydrogen-bond donors (Lipinski definition) is 2. The number of nitrogen functional groups attached to an aromatic ring is 1. The quantitative estimate of drug-likeness (QED) is 0.127. The maximum absolute atomic E-state index is 14.3. The van der Waals surface area contributed by atoms with Crippen LogP contribution in [0.5, 0.6) is 23.0 Å². The van der Waals surface area contributed by atoms with Crippen molar-refractivity contribution in [3.05, 3.63) is 125 Å². The molecule has 2 heterocycles. The van der Waals surface area contributed by atoms with Gasteiger partial charge in [-0.1, -0.05) is 35.3 Å². The normalized spacial score (nSPS) is 10.8. The van der Waals surface area contributed by atoms with Crippen LogP contribution in [0.25, 0.3) is 0 Å². The average Bonchev–Trinajstić information content (AvgIpc) is 2.96. The van der Waals surface area contributed by atoms with Crippen LogP contribution in [-0.2, 0) is 10.0 Å². The molecule has 0 aliphatic heterocycles. The predicted octanol–water partition coefficient (Wildman–Crippen LogP) is 7.92. The number of carbonyl (C=O) groups excluding carboxylic acids is 1. The molecule has 0 fully saturated rings. The number of hydrogen-bond acceptors (Lipinski definition) is 8. The standard InChI is InChI=1S/C19H14ClFN2O4S.C11H8ClFN2O/c1-12(24)13-2-5-17(6-3-13)28(25,26)23-15-4-7-19(18(21)9-15)27-16-8-14(20)10-22-11-16;12-7-3-9(6-15-5-7)16-11-2-1-8(14)4-10(11)13/h2-11,23H,1H3;1-6H,14H2. The summed E-state index contributed by atoms with van der Waals surface area (Å²) in [6, 6.07) is 16.3. The van der Waals surface area contributed by atoms with Crippen LogP contribution in [0, 0.1) is 11.6 Å². The van der Waals surface area contributed by atoms with Gasteiger partial charge in [0.2, 0.25) is 0 Å². The second-order valence-corrected chi connectivity index (χ2v) is 11.5. The summed E-state index contributed by atoms with van der Waals surface area (Å²) in [7, 11) is -3.95. The predicted molar refractivity (Wildman–Crippen MR) is 163 cm³/mol. The zero-order valence-corrected chi connectivity index (χ0v) is 25.0. The largest absolute Gasteiger partial charge is 0.453 e. The fraction of sp³-hybridized carbons (Fsp3) is 0.0333. The van der Waals surface area contributed by atoms with Crippen LogP contribution in [0.15, 0.2) is 102 Å². The molecular formula is C30H22Cl2F2N4O5S. The third-order valence-corrected chi connectivity index (χ3v) is 7.34. The van der Waals surface area contributed by atoms with Crippen LogP contribution < -0.4 is 19.9 Å². The molecule has 14 heteroatoms. The first-order valence-corrected chi connectivity index (χ1v) is 14.7. The molecule has 9 nitrogen and oxygen atoms in total. The molecule has 0 aliphatic rings. The molecule has 0 aliphatic carbocycles. The van der Waals surface area contributed by atoms with E-state index >= 15 is 0 Å². The fourth-order valence-corrected chi connectivity index (χ4v) is 4.86. The van der Waals surface area contributed by atoms with Crippen LogP contribution in [0.1, 0.15) is 17.3 Å². The highest BCUT2D eigenvalue weighted by molar-refractivity contribution is 7.92. The van der Waals surface area contributed by atoms with Gasteiger partial charge in [0.1, 0.15) is 11.5 Å². The van der Waals surface area contributed by atoms with Gasteiger partial charge in [0.25, 0.3) is 10.0 Å². The molecule has 0 spiro atoms. The van der Waals surface area contributed by atoms with Gasteiger partial charge in [0, 0.05) is 47.9 Å². The number of pyridine rings is 2. The summed E-state index contributed by atoms with van der Waals surface area (Å²) in [5, 5.41) is 0.756. The minimum Gasteiger partial charge on any atom is -0.453 e. The zero-order valence-electron chi connectivity index (χ0n) is 22.7. The number of carbonyl (C=O) groups is 1. The molecule has 0 atom stereocenters. The summed E-state index contributed by atoms with van der Waals surface area (Å²) in [5.41, 5.74) is 6.17. The summed E-state index contributed by atoms with van der Waals surface area (Å²) in [4.78, 5) is 18.9. The van der Waals surface area contributed by atoms with Crippen molar-refractivity contribution in [2.75, 3.05) is 10.5 Å². The van der Waals surface area contributed by atoms with Crippen molar-refractivity contribution in [3.63, 3.8) is 0 Å². The number of ketones is 1. The Morgan fingerprint density at radius 3 is 1.77 bits per heavy atom. The van der Waals surface area contributed by atoms with E-state index < -0.39 is 21.7 Å². The Morgan fingerprint density at radius 2 is 1.30 bits per heavy atom. The van der Waals surface area contributed by atoms with Gasteiger partial charge in [-0.3, -0.25) is 19.5 Å². The number of nitrogens with one attached hydrogen (secondary N) is 1. The first-order chi connectivity index (χ1) is 20.9. The van der Waals surface area contributed by atoms with Gasteiger partial charge in [-0.25, -0.2) is 17.2 Å². The Balaban J connectivity index is 0.000000233. The lowest BCUT2D eigenvalue weighted by Crippen LogP contribution is -2.13. The Bertz CT molecular complexity index is 1910. The van der Waals surface area contributed by atoms with Crippen LogP contribution in [0.4, 0.5) is 20.2 Å². The van der Waals surface area contributed by atoms with E-state index in [1.807, 2.05) is 0 Å². The highest BCUT2D eigenvalue weighted by Gasteiger charge is 2.16. The molecule has 0 amide bonds. The molecule has 5 aromatic rings. The van der Waals surface area contributed by atoms with Gasteiger partial charge in [-0.05, 0) is 43.3 Å². The highest BCUT2D eigenvalue weighted by Crippen LogP contribution is 2.29. The topological polar surface area (TPSA) is 134 Å². The van der Waals surface area contributed by atoms with E-state index in [4.69, 9.17) is 38.4 Å². The molecule has 0 bridgehead atoms. The maximum Gasteiger partial charge on any atom is 0.261 e. The van der Waals surface area contributed by atoms with Crippen molar-refractivity contribution in [3.8, 4) is 23.0 Å². The number of benzene rings is 3. The Hall–Kier alpha value is -4.78. The second kappa shape index (κ2) is 14.1. The van der Waals surface area contributed by atoms with Crippen molar-refractivity contribution in [1.82, 2.24) is 9.97 Å². The Morgan fingerprint density at radius 1 is 0.773 bits per heavy atom. The van der Waals surface area contributed by atoms with Crippen LogP contribution in [-0.4, -0.2) is 24.2 Å². The number of halogens is 4. The molecule has 2 aromatic heterocycles. The number of nitrogens with zero attached hydrogens (tertiary/aromatic N) is 2. The number of anilines is 2. The van der Waals surface area contributed by atoms with Crippen LogP contribution in [0.2, 0.25) is 10.0 Å². The molecule has 226 valence electrons. The monoisotopic (exact) mass is 658 g/mol. The van der Waals surface area contributed by atoms with Crippen molar-refractivity contribution in [1.29, 1.82) is 0 Å². The van der Waals surface area contributed by atoms with Gasteiger partial charge in [0.05, 0.1) is 33.0 Å². The van der Waals surface area contributed by atoms with Gasteiger partial charge >= 0.3 is 0 Å². The van der Waals surface area contributed by atoms with Crippen molar-refractivity contribution >= 4 is 50.4 Å². The van der Waals surface area contributed by atoms with E-state index in [2.05, 4.69) is 14.7 Å². The van der Waals surface area contributed by atoms with Gasteiger partial charge in [-0.15, -0.1) is 0 Å². The first-order valence-electron chi connectivity index (χ1n) is 12.4. The summed E-state index contributed by atoms with van der Waals surface area (Å²) in [6.45, 7) is 1.38. The Kier molecular flexibility index (Phi) is 10.3. The van der Waals surface area contributed by atoms with Gasteiger partial charge in [0.15, 0.2) is 28.9 Å². The number of rotatable bonds is 8. The van der Waals surface area contributed by atoms with E-state index in [1.54, 1.807) is 12.1 Å². The fourth-order valence-electron chi connectivity index (χ4n) is 3.48. The van der Waals surface area contributed by atoms with Crippen molar-refractivity contribution < 1.29 is 31.5 Å². The van der Waals surface area contributed by atoms with Crippen LogP contribution in [0.3, 0.4) is 0 Å². The third kappa shape index (κ3) is 8.86. The second-order valence-electron chi connectivity index (χ2n) is 8.90. The molecule has 5 rings (SSSR count). The lowest BCUT2D eigenvalue weighted by Gasteiger charge is -2.11. The van der Waals surface area contributed by atoms with Gasteiger partial charge in [-0.2, -0.15) is 0 Å². The van der Waals surface area contributed by atoms with E-state index in [-0.39, 0.29) is 33.6 Å². The molecule has 3 aromatic carbocycles. The molecular weight excluding hydrogens is 637 g/mol. The van der Waals surface area contributed by atoms with Gasteiger partial charge < -0.3 is 15.2 Å². The molecule has 0 saturated heterocycles. The zero-order chi connectivity index (χ0) is 31.9. The maximum atomic E-state index is 14.3. The summed E-state index contributed by atoms with van der Waals surface area (Å²) in [6.07, 6.45) is 5.69. The number of ether oxygens (including phenoxy) is 2. The minimum atomic E-state index is -3.95. The molecule has 0 saturated carbocycles. The number of aromatic nitrogens is 2. The summed E-state index contributed by atoms with van der Waals surface area (Å²) < 4.78 is 65.5. The summed E-state index contributed by atoms with van der Waals surface area (Å²) in [5.74, 6) is -0.894. The lowest BCUT2D eigenvalue weighted by molar-refractivity contribution is 0.101. The van der Waals surface area contributed by atoms with E-state index in [1.165, 1.54) is 86.3 Å². The van der Waals surface area contributed by atoms with E-state index in [0.29, 0.717) is 27.0 Å². The number of nitrogens with two attached hydrogens (primary N) is 1.